The Morgan fingerprint density at radius 2 is 1.62 bits per heavy atom. The third-order valence-electron chi connectivity index (χ3n) is 7.64. The fraction of sp³-hybridized carbons (Fsp3) is 0.294. The lowest BCUT2D eigenvalue weighted by Gasteiger charge is -2.16. The zero-order valence-corrected chi connectivity index (χ0v) is 26.6. The average Bonchev–Trinajstić information content (AvgIpc) is 3.84. The van der Waals surface area contributed by atoms with Crippen LogP contribution in [0, 0.1) is 11.2 Å². The molecular formula is C34H36ClFN4O7. The van der Waals surface area contributed by atoms with Crippen LogP contribution in [0.1, 0.15) is 44.9 Å². The van der Waals surface area contributed by atoms with Gasteiger partial charge < -0.3 is 36.1 Å². The highest BCUT2D eigenvalue weighted by Crippen LogP contribution is 2.48. The molecule has 1 aliphatic rings. The fourth-order valence-electron chi connectivity index (χ4n) is 4.93. The molecule has 1 heterocycles. The van der Waals surface area contributed by atoms with Crippen molar-refractivity contribution in [3.8, 4) is 23.0 Å². The molecule has 47 heavy (non-hydrogen) atoms. The maximum Gasteiger partial charge on any atom is 0.303 e. The van der Waals surface area contributed by atoms with Gasteiger partial charge in [-0.2, -0.15) is 0 Å². The van der Waals surface area contributed by atoms with Crippen molar-refractivity contribution in [1.29, 1.82) is 0 Å². The molecular weight excluding hydrogens is 631 g/mol. The zero-order valence-electron chi connectivity index (χ0n) is 25.8. The molecule has 4 aromatic rings. The Balaban J connectivity index is 0.00000500. The topological polar surface area (TPSA) is 171 Å². The van der Waals surface area contributed by atoms with Crippen molar-refractivity contribution in [3.05, 3.63) is 77.7 Å². The first-order valence-corrected chi connectivity index (χ1v) is 15.2. The second-order valence-corrected chi connectivity index (χ2v) is 11.4. The molecule has 248 valence electrons. The molecule has 0 spiro atoms. The van der Waals surface area contributed by atoms with Crippen LogP contribution in [0.3, 0.4) is 0 Å². The number of carbonyl (C=O) groups excluding carboxylic acids is 2. The van der Waals surface area contributed by atoms with E-state index >= 15 is 4.39 Å². The number of benzene rings is 3. The minimum absolute atomic E-state index is 0. The summed E-state index contributed by atoms with van der Waals surface area (Å²) in [5, 5.41) is 15.2. The number of amides is 2. The van der Waals surface area contributed by atoms with Crippen molar-refractivity contribution in [2.75, 3.05) is 24.4 Å². The molecule has 5 rings (SSSR count). The number of rotatable bonds is 15. The SMILES string of the molecule is COc1cc2c(Oc3ccc(NC(=O)C4(C(=O)Nc5cccc(Cl)c5)CC4)cc3F)ccnc2cc1OCCCCCCC(=O)O.N. The lowest BCUT2D eigenvalue weighted by molar-refractivity contribution is -0.137. The summed E-state index contributed by atoms with van der Waals surface area (Å²) >= 11 is 5.99. The molecule has 6 N–H and O–H groups in total. The van der Waals surface area contributed by atoms with Crippen LogP contribution in [0.4, 0.5) is 15.8 Å². The largest absolute Gasteiger partial charge is 0.493 e. The van der Waals surface area contributed by atoms with E-state index in [0.717, 1.165) is 25.3 Å². The Morgan fingerprint density at radius 3 is 2.28 bits per heavy atom. The van der Waals surface area contributed by atoms with Crippen LogP contribution >= 0.6 is 11.6 Å². The Bertz CT molecular complexity index is 1770. The molecule has 1 aromatic heterocycles. The third-order valence-corrected chi connectivity index (χ3v) is 7.88. The fourth-order valence-corrected chi connectivity index (χ4v) is 5.12. The number of carboxylic acids is 1. The van der Waals surface area contributed by atoms with Gasteiger partial charge in [0, 0.05) is 46.5 Å². The van der Waals surface area contributed by atoms with Crippen LogP contribution in [-0.4, -0.2) is 41.6 Å². The van der Waals surface area contributed by atoms with Crippen molar-refractivity contribution >= 4 is 51.7 Å². The van der Waals surface area contributed by atoms with Crippen LogP contribution in [-0.2, 0) is 14.4 Å². The number of nitrogens with zero attached hydrogens (tertiary/aromatic N) is 1. The molecule has 2 amide bonds. The third kappa shape index (κ3) is 8.66. The first-order chi connectivity index (χ1) is 22.2. The number of nitrogens with one attached hydrogen (secondary N) is 2. The molecule has 0 radical (unpaired) electrons. The number of carboxylic acid groups (broad SMARTS) is 1. The minimum atomic E-state index is -1.24. The first-order valence-electron chi connectivity index (χ1n) is 14.9. The quantitative estimate of drug-likeness (QED) is 0.0731. The number of methoxy groups -OCH3 is 1. The van der Waals surface area contributed by atoms with E-state index in [9.17, 15) is 14.4 Å². The van der Waals surface area contributed by atoms with E-state index in [2.05, 4.69) is 15.6 Å². The van der Waals surface area contributed by atoms with Gasteiger partial charge in [-0.05, 0) is 68.1 Å². The Kier molecular flexibility index (Phi) is 11.6. The minimum Gasteiger partial charge on any atom is -0.493 e. The van der Waals surface area contributed by atoms with Gasteiger partial charge in [0.25, 0.3) is 0 Å². The molecule has 3 aromatic carbocycles. The molecule has 0 aliphatic heterocycles. The summed E-state index contributed by atoms with van der Waals surface area (Å²) in [6.07, 6.45) is 5.46. The van der Waals surface area contributed by atoms with Gasteiger partial charge >= 0.3 is 5.97 Å². The first kappa shape index (κ1) is 34.9. The Hall–Kier alpha value is -4.94. The normalized spacial score (nSPS) is 12.8. The molecule has 11 nitrogen and oxygen atoms in total. The molecule has 0 saturated heterocycles. The Morgan fingerprint density at radius 1 is 0.894 bits per heavy atom. The average molecular weight is 667 g/mol. The van der Waals surface area contributed by atoms with E-state index in [-0.39, 0.29) is 24.0 Å². The molecule has 0 bridgehead atoms. The smallest absolute Gasteiger partial charge is 0.303 e. The highest BCUT2D eigenvalue weighted by atomic mass is 35.5. The number of halogens is 2. The van der Waals surface area contributed by atoms with Gasteiger partial charge in [-0.1, -0.05) is 30.5 Å². The molecule has 0 unspecified atom stereocenters. The maximum absolute atomic E-state index is 15.2. The molecule has 13 heteroatoms. The summed E-state index contributed by atoms with van der Waals surface area (Å²) in [7, 11) is 1.51. The number of fused-ring (bicyclic) bond motifs is 1. The molecule has 0 atom stereocenters. The van der Waals surface area contributed by atoms with E-state index in [1.807, 2.05) is 0 Å². The van der Waals surface area contributed by atoms with E-state index in [4.69, 9.17) is 30.9 Å². The van der Waals surface area contributed by atoms with Gasteiger partial charge in [0.05, 0.1) is 19.2 Å². The predicted molar refractivity (Wildman–Crippen MR) is 176 cm³/mol. The number of carbonyl (C=O) groups is 3. The predicted octanol–water partition coefficient (Wildman–Crippen LogP) is 7.76. The van der Waals surface area contributed by atoms with Crippen molar-refractivity contribution in [3.63, 3.8) is 0 Å². The lowest BCUT2D eigenvalue weighted by Crippen LogP contribution is -2.35. The zero-order chi connectivity index (χ0) is 32.7. The second kappa shape index (κ2) is 15.6. The second-order valence-electron chi connectivity index (χ2n) is 11.0. The summed E-state index contributed by atoms with van der Waals surface area (Å²) in [6.45, 7) is 0.424. The summed E-state index contributed by atoms with van der Waals surface area (Å²) in [5.74, 6) is -1.29. The van der Waals surface area contributed by atoms with Crippen molar-refractivity contribution in [2.45, 2.75) is 44.9 Å². The van der Waals surface area contributed by atoms with Gasteiger partial charge in [-0.25, -0.2) is 4.39 Å². The molecule has 1 aliphatic carbocycles. The number of hydrogen-bond donors (Lipinski definition) is 4. The highest BCUT2D eigenvalue weighted by molar-refractivity contribution is 6.31. The van der Waals surface area contributed by atoms with Crippen molar-refractivity contribution in [1.82, 2.24) is 11.1 Å². The number of unbranched alkanes of at least 4 members (excludes halogenated alkanes) is 3. The van der Waals surface area contributed by atoms with E-state index in [1.54, 1.807) is 42.5 Å². The van der Waals surface area contributed by atoms with Gasteiger partial charge in [0.1, 0.15) is 11.2 Å². The van der Waals surface area contributed by atoms with Crippen LogP contribution in [0.15, 0.2) is 66.9 Å². The Labute approximate surface area is 276 Å². The number of pyridine rings is 1. The van der Waals surface area contributed by atoms with E-state index in [0.29, 0.717) is 64.7 Å². The molecule has 1 fully saturated rings. The summed E-state index contributed by atoms with van der Waals surface area (Å²) in [6, 6.07) is 15.7. The van der Waals surface area contributed by atoms with Gasteiger partial charge in [-0.3, -0.25) is 19.4 Å². The number of aromatic nitrogens is 1. The number of anilines is 2. The van der Waals surface area contributed by atoms with Gasteiger partial charge in [0.2, 0.25) is 11.8 Å². The van der Waals surface area contributed by atoms with Crippen molar-refractivity contribution < 1.29 is 38.1 Å². The summed E-state index contributed by atoms with van der Waals surface area (Å²) in [4.78, 5) is 41.0. The van der Waals surface area contributed by atoms with E-state index in [1.165, 1.54) is 25.4 Å². The van der Waals surface area contributed by atoms with E-state index < -0.39 is 29.0 Å². The number of hydrogen-bond acceptors (Lipinski definition) is 8. The monoisotopic (exact) mass is 666 g/mol. The standard InChI is InChI=1S/C34H33ClFN3O7.H3N/c1-44-29-19-24-26(20-30(29)45-16-5-3-2-4-9-31(40)41)37-15-12-27(24)46-28-11-10-23(18-25(28)36)39-33(43)34(13-14-34)32(42)38-22-8-6-7-21(35)17-22;/h6-8,10-12,15,17-20H,2-5,9,13-14,16H2,1H3,(H,38,42)(H,39,43)(H,40,41);1H3. The number of ether oxygens (including phenoxy) is 3. The summed E-state index contributed by atoms with van der Waals surface area (Å²) in [5.41, 5.74) is -0.0321. The maximum atomic E-state index is 15.2. The van der Waals surface area contributed by atoms with Crippen LogP contribution in [0.2, 0.25) is 5.02 Å². The summed E-state index contributed by atoms with van der Waals surface area (Å²) < 4.78 is 32.6. The lowest BCUT2D eigenvalue weighted by atomic mass is 10.0. The highest BCUT2D eigenvalue weighted by Gasteiger charge is 2.56. The van der Waals surface area contributed by atoms with Crippen molar-refractivity contribution in [2.24, 2.45) is 5.41 Å². The number of aliphatic carboxylic acids is 1. The van der Waals surface area contributed by atoms with Crippen LogP contribution in [0.25, 0.3) is 10.9 Å². The van der Waals surface area contributed by atoms with Gasteiger partial charge in [0.15, 0.2) is 23.1 Å². The van der Waals surface area contributed by atoms with Gasteiger partial charge in [-0.15, -0.1) is 0 Å². The van der Waals surface area contributed by atoms with Crippen LogP contribution < -0.4 is 31.0 Å². The van der Waals surface area contributed by atoms with Crippen LogP contribution in [0.5, 0.6) is 23.0 Å². The molecule has 1 saturated carbocycles.